The maximum absolute atomic E-state index is 13.6. The molecule has 0 bridgehead atoms. The molecule has 1 aliphatic heterocycles. The molecule has 1 aliphatic rings. The zero-order valence-electron chi connectivity index (χ0n) is 10.6. The highest BCUT2D eigenvalue weighted by molar-refractivity contribution is 6.30. The molecule has 2 unspecified atom stereocenters. The maximum atomic E-state index is 13.6. The summed E-state index contributed by atoms with van der Waals surface area (Å²) >= 11 is 5.66. The molecule has 1 aromatic carbocycles. The molecule has 0 saturated carbocycles. The number of nitrogens with one attached hydrogen (secondary N) is 2. The number of hydrogen-bond donors (Lipinski definition) is 2. The Bertz CT molecular complexity index is 470. The highest BCUT2D eigenvalue weighted by Crippen LogP contribution is 2.21. The summed E-state index contributed by atoms with van der Waals surface area (Å²) in [6, 6.07) is 4.13. The first-order chi connectivity index (χ1) is 9.11. The van der Waals surface area contributed by atoms with Gasteiger partial charge in [0, 0.05) is 11.1 Å². The van der Waals surface area contributed by atoms with Crippen LogP contribution in [0.4, 0.5) is 10.1 Å². The summed E-state index contributed by atoms with van der Waals surface area (Å²) in [6.45, 7) is 3.56. The summed E-state index contributed by atoms with van der Waals surface area (Å²) in [6.07, 6.45) is 0. The Morgan fingerprint density at radius 3 is 3.00 bits per heavy atom. The van der Waals surface area contributed by atoms with E-state index in [0.29, 0.717) is 18.2 Å². The molecule has 4 nitrogen and oxygen atoms in total. The van der Waals surface area contributed by atoms with Gasteiger partial charge in [0.25, 0.3) is 0 Å². The minimum atomic E-state index is -0.542. The van der Waals surface area contributed by atoms with Crippen molar-refractivity contribution >= 4 is 23.2 Å². The quantitative estimate of drug-likeness (QED) is 0.891. The number of amides is 1. The molecule has 1 saturated heterocycles. The molecule has 1 fully saturated rings. The van der Waals surface area contributed by atoms with E-state index in [9.17, 15) is 9.18 Å². The smallest absolute Gasteiger partial charge is 0.231 e. The van der Waals surface area contributed by atoms with Crippen LogP contribution in [0.15, 0.2) is 18.2 Å². The van der Waals surface area contributed by atoms with Crippen LogP contribution in [-0.4, -0.2) is 31.7 Å². The Balaban J connectivity index is 2.04. The van der Waals surface area contributed by atoms with E-state index in [0.717, 1.165) is 6.54 Å². The third-order valence-electron chi connectivity index (χ3n) is 3.07. The molecule has 2 N–H and O–H groups in total. The number of carbonyl (C=O) groups is 1. The molecule has 6 heteroatoms. The highest BCUT2D eigenvalue weighted by atomic mass is 35.5. The number of likely N-dealkylation sites (N-methyl/N-ethyl adjacent to an activating group) is 1. The van der Waals surface area contributed by atoms with Crippen molar-refractivity contribution in [2.45, 2.75) is 13.0 Å². The van der Waals surface area contributed by atoms with E-state index in [1.54, 1.807) is 0 Å². The van der Waals surface area contributed by atoms with Crippen LogP contribution in [0.2, 0.25) is 5.02 Å². The van der Waals surface area contributed by atoms with Crippen molar-refractivity contribution in [3.63, 3.8) is 0 Å². The molecule has 0 aliphatic carbocycles. The largest absolute Gasteiger partial charge is 0.379 e. The predicted molar refractivity (Wildman–Crippen MR) is 71.8 cm³/mol. The normalized spacial score (nSPS) is 22.5. The molecule has 1 aromatic rings. The number of carbonyl (C=O) groups excluding carboxylic acids is 1. The molecular formula is C13H16ClFN2O2. The van der Waals surface area contributed by atoms with E-state index in [-0.39, 0.29) is 23.6 Å². The number of hydrogen-bond acceptors (Lipinski definition) is 3. The summed E-state index contributed by atoms with van der Waals surface area (Å²) in [5, 5.41) is 6.06. The van der Waals surface area contributed by atoms with Gasteiger partial charge in [-0.15, -0.1) is 0 Å². The summed E-state index contributed by atoms with van der Waals surface area (Å²) in [4.78, 5) is 12.1. The second-order valence-electron chi connectivity index (χ2n) is 4.42. The summed E-state index contributed by atoms with van der Waals surface area (Å²) < 4.78 is 18.9. The van der Waals surface area contributed by atoms with Crippen LogP contribution in [0.5, 0.6) is 0 Å². The van der Waals surface area contributed by atoms with Crippen LogP contribution in [-0.2, 0) is 9.53 Å². The average Bonchev–Trinajstić information content (AvgIpc) is 2.81. The Labute approximate surface area is 116 Å². The van der Waals surface area contributed by atoms with Gasteiger partial charge in [-0.3, -0.25) is 4.79 Å². The van der Waals surface area contributed by atoms with Crippen molar-refractivity contribution < 1.29 is 13.9 Å². The van der Waals surface area contributed by atoms with Crippen molar-refractivity contribution in [1.29, 1.82) is 0 Å². The van der Waals surface area contributed by atoms with Crippen LogP contribution >= 0.6 is 11.6 Å². The first-order valence-electron chi connectivity index (χ1n) is 6.19. The summed E-state index contributed by atoms with van der Waals surface area (Å²) in [5.74, 6) is -1.10. The Morgan fingerprint density at radius 1 is 1.53 bits per heavy atom. The van der Waals surface area contributed by atoms with Crippen molar-refractivity contribution in [3.05, 3.63) is 29.0 Å². The number of anilines is 1. The molecule has 1 heterocycles. The van der Waals surface area contributed by atoms with Gasteiger partial charge in [0.15, 0.2) is 0 Å². The standard InChI is InChI=1S/C13H16ClFN2O2/c1-2-16-12-7-19-6-9(12)13(18)17-11-4-3-8(14)5-10(11)15/h3-5,9,12,16H,2,6-7H2,1H3,(H,17,18). The lowest BCUT2D eigenvalue weighted by Crippen LogP contribution is -2.41. The van der Waals surface area contributed by atoms with Gasteiger partial charge in [-0.05, 0) is 24.7 Å². The lowest BCUT2D eigenvalue weighted by atomic mass is 10.0. The third kappa shape index (κ3) is 3.43. The first kappa shape index (κ1) is 14.2. The summed E-state index contributed by atoms with van der Waals surface area (Å²) in [5.41, 5.74) is 0.136. The van der Waals surface area contributed by atoms with Crippen LogP contribution in [0.1, 0.15) is 6.92 Å². The topological polar surface area (TPSA) is 50.4 Å². The minimum absolute atomic E-state index is 0.0274. The van der Waals surface area contributed by atoms with Crippen LogP contribution < -0.4 is 10.6 Å². The number of rotatable bonds is 4. The lowest BCUT2D eigenvalue weighted by molar-refractivity contribution is -0.120. The molecular weight excluding hydrogens is 271 g/mol. The van der Waals surface area contributed by atoms with Gasteiger partial charge in [-0.1, -0.05) is 18.5 Å². The monoisotopic (exact) mass is 286 g/mol. The predicted octanol–water partition coefficient (Wildman–Crippen LogP) is 2.04. The fourth-order valence-electron chi connectivity index (χ4n) is 2.09. The zero-order chi connectivity index (χ0) is 13.8. The van der Waals surface area contributed by atoms with E-state index in [4.69, 9.17) is 16.3 Å². The molecule has 0 spiro atoms. The van der Waals surface area contributed by atoms with Gasteiger partial charge in [-0.25, -0.2) is 4.39 Å². The fraction of sp³-hybridized carbons (Fsp3) is 0.462. The first-order valence-corrected chi connectivity index (χ1v) is 6.56. The fourth-order valence-corrected chi connectivity index (χ4v) is 2.25. The maximum Gasteiger partial charge on any atom is 0.231 e. The van der Waals surface area contributed by atoms with Gasteiger partial charge in [0.1, 0.15) is 5.82 Å². The lowest BCUT2D eigenvalue weighted by Gasteiger charge is -2.18. The van der Waals surface area contributed by atoms with Crippen molar-refractivity contribution in [2.75, 3.05) is 25.1 Å². The SMILES string of the molecule is CCNC1COCC1C(=O)Nc1ccc(Cl)cc1F. The minimum Gasteiger partial charge on any atom is -0.379 e. The van der Waals surface area contributed by atoms with Crippen LogP contribution in [0, 0.1) is 11.7 Å². The van der Waals surface area contributed by atoms with E-state index < -0.39 is 5.82 Å². The van der Waals surface area contributed by atoms with Crippen molar-refractivity contribution in [1.82, 2.24) is 5.32 Å². The average molecular weight is 287 g/mol. The van der Waals surface area contributed by atoms with E-state index in [1.165, 1.54) is 18.2 Å². The van der Waals surface area contributed by atoms with Crippen LogP contribution in [0.3, 0.4) is 0 Å². The van der Waals surface area contributed by atoms with Gasteiger partial charge in [-0.2, -0.15) is 0 Å². The molecule has 19 heavy (non-hydrogen) atoms. The molecule has 2 atom stereocenters. The second-order valence-corrected chi connectivity index (χ2v) is 4.86. The van der Waals surface area contributed by atoms with Gasteiger partial charge in [0.2, 0.25) is 5.91 Å². The third-order valence-corrected chi connectivity index (χ3v) is 3.31. The second kappa shape index (κ2) is 6.32. The van der Waals surface area contributed by atoms with Gasteiger partial charge >= 0.3 is 0 Å². The Kier molecular flexibility index (Phi) is 4.74. The number of halogens is 2. The zero-order valence-corrected chi connectivity index (χ0v) is 11.3. The van der Waals surface area contributed by atoms with E-state index >= 15 is 0 Å². The van der Waals surface area contributed by atoms with E-state index in [1.807, 2.05) is 6.92 Å². The number of benzene rings is 1. The molecule has 0 aromatic heterocycles. The molecule has 0 radical (unpaired) electrons. The Morgan fingerprint density at radius 2 is 2.32 bits per heavy atom. The van der Waals surface area contributed by atoms with E-state index in [2.05, 4.69) is 10.6 Å². The highest BCUT2D eigenvalue weighted by Gasteiger charge is 2.33. The summed E-state index contributed by atoms with van der Waals surface area (Å²) in [7, 11) is 0. The Hall–Kier alpha value is -1.17. The van der Waals surface area contributed by atoms with Crippen LogP contribution in [0.25, 0.3) is 0 Å². The van der Waals surface area contributed by atoms with Crippen molar-refractivity contribution in [3.8, 4) is 0 Å². The van der Waals surface area contributed by atoms with Gasteiger partial charge in [0.05, 0.1) is 24.8 Å². The molecule has 2 rings (SSSR count). The molecule has 1 amide bonds. The molecule has 104 valence electrons. The number of ether oxygens (including phenoxy) is 1. The van der Waals surface area contributed by atoms with Gasteiger partial charge < -0.3 is 15.4 Å². The van der Waals surface area contributed by atoms with Crippen molar-refractivity contribution in [2.24, 2.45) is 5.92 Å².